The second-order valence-corrected chi connectivity index (χ2v) is 8.52. The largest absolute Gasteiger partial charge is 0.497 e. The number of likely N-dealkylation sites (N-methyl/N-ethyl adjacent to an activating group) is 1. The van der Waals surface area contributed by atoms with Crippen molar-refractivity contribution in [3.05, 3.63) is 48.0 Å². The van der Waals surface area contributed by atoms with Crippen molar-refractivity contribution in [3.63, 3.8) is 0 Å². The van der Waals surface area contributed by atoms with Crippen molar-refractivity contribution in [1.82, 2.24) is 9.62 Å². The number of rotatable bonds is 6. The molecule has 2 aromatic carbocycles. The first-order valence-corrected chi connectivity index (χ1v) is 10.3. The number of nitrogens with zero attached hydrogens (tertiary/aromatic N) is 1. The fraction of sp³-hybridized carbons (Fsp3) is 0.211. The maximum absolute atomic E-state index is 12.9. The van der Waals surface area contributed by atoms with E-state index in [1.807, 2.05) is 0 Å². The van der Waals surface area contributed by atoms with Gasteiger partial charge in [-0.15, -0.1) is 0 Å². The Hall–Kier alpha value is -3.44. The molecule has 0 radical (unpaired) electrons. The van der Waals surface area contributed by atoms with Gasteiger partial charge in [0.15, 0.2) is 0 Å². The molecule has 1 heterocycles. The highest BCUT2D eigenvalue weighted by Crippen LogP contribution is 2.24. The van der Waals surface area contributed by atoms with Gasteiger partial charge in [0.2, 0.25) is 21.8 Å². The first kappa shape index (κ1) is 21.3. The van der Waals surface area contributed by atoms with E-state index in [0.29, 0.717) is 11.4 Å². The third-order valence-corrected chi connectivity index (χ3v) is 6.15. The van der Waals surface area contributed by atoms with E-state index in [0.717, 1.165) is 4.31 Å². The lowest BCUT2D eigenvalue weighted by atomic mass is 10.1. The molecule has 0 aromatic heterocycles. The number of amides is 3. The summed E-state index contributed by atoms with van der Waals surface area (Å²) in [6.45, 7) is -0.653. The smallest absolute Gasteiger partial charge is 0.253 e. The number of ether oxygens (including phenoxy) is 1. The number of hydrogen-bond donors (Lipinski definition) is 3. The molecule has 0 fully saturated rings. The van der Waals surface area contributed by atoms with Crippen molar-refractivity contribution in [1.29, 1.82) is 0 Å². The number of benzene rings is 2. The highest BCUT2D eigenvalue weighted by Gasteiger charge is 2.26. The second-order valence-electron chi connectivity index (χ2n) is 6.48. The molecule has 11 heteroatoms. The Morgan fingerprint density at radius 2 is 1.97 bits per heavy atom. The summed E-state index contributed by atoms with van der Waals surface area (Å²) in [6, 6.07) is 10.4. The molecule has 0 unspecified atom stereocenters. The molecule has 2 aromatic rings. The maximum Gasteiger partial charge on any atom is 0.253 e. The van der Waals surface area contributed by atoms with Gasteiger partial charge in [-0.1, -0.05) is 6.07 Å². The van der Waals surface area contributed by atoms with Crippen LogP contribution in [0.1, 0.15) is 10.4 Å². The molecule has 3 N–H and O–H groups in total. The molecular formula is C19H20N4O6S. The van der Waals surface area contributed by atoms with Crippen LogP contribution in [0.3, 0.4) is 0 Å². The van der Waals surface area contributed by atoms with Gasteiger partial charge in [0.1, 0.15) is 5.75 Å². The molecule has 0 saturated carbocycles. The third kappa shape index (κ3) is 4.58. The van der Waals surface area contributed by atoms with Crippen LogP contribution in [0.2, 0.25) is 0 Å². The Morgan fingerprint density at radius 3 is 2.70 bits per heavy atom. The number of sulfonamides is 1. The SMILES string of the molecule is COc1cccc(NC(=O)CN(C)S(=O)(=O)c2ccc3c(c2)C(=O)NCC(=O)N3)c1. The number of fused-ring (bicyclic) bond motifs is 1. The molecule has 0 aliphatic carbocycles. The highest BCUT2D eigenvalue weighted by molar-refractivity contribution is 7.89. The van der Waals surface area contributed by atoms with E-state index in [9.17, 15) is 22.8 Å². The monoisotopic (exact) mass is 432 g/mol. The van der Waals surface area contributed by atoms with Gasteiger partial charge < -0.3 is 20.7 Å². The fourth-order valence-electron chi connectivity index (χ4n) is 2.80. The number of carbonyl (C=O) groups excluding carboxylic acids is 3. The summed E-state index contributed by atoms with van der Waals surface area (Å²) in [7, 11) is -1.31. The van der Waals surface area contributed by atoms with Crippen LogP contribution in [-0.2, 0) is 19.6 Å². The molecule has 0 saturated heterocycles. The Bertz CT molecular complexity index is 1120. The van der Waals surface area contributed by atoms with Crippen LogP contribution in [0.15, 0.2) is 47.4 Å². The molecule has 1 aliphatic rings. The Labute approximate surface area is 173 Å². The van der Waals surface area contributed by atoms with Crippen molar-refractivity contribution >= 4 is 39.1 Å². The maximum atomic E-state index is 12.9. The standard InChI is InChI=1S/C19H20N4O6S/c1-23(11-18(25)21-12-4-3-5-13(8-12)29-2)30(27,28)14-6-7-16-15(9-14)19(26)20-10-17(24)22-16/h3-9H,10-11H2,1-2H3,(H,20,26)(H,21,25)(H,22,24). The van der Waals surface area contributed by atoms with Crippen molar-refractivity contribution < 1.29 is 27.5 Å². The lowest BCUT2D eigenvalue weighted by molar-refractivity contribution is -0.116. The first-order valence-electron chi connectivity index (χ1n) is 8.83. The fourth-order valence-corrected chi connectivity index (χ4v) is 3.95. The number of nitrogens with one attached hydrogen (secondary N) is 3. The van der Waals surface area contributed by atoms with Gasteiger partial charge in [-0.3, -0.25) is 14.4 Å². The normalized spacial score (nSPS) is 13.7. The summed E-state index contributed by atoms with van der Waals surface area (Å²) >= 11 is 0. The summed E-state index contributed by atoms with van der Waals surface area (Å²) in [6.07, 6.45) is 0. The predicted molar refractivity (Wildman–Crippen MR) is 109 cm³/mol. The summed E-state index contributed by atoms with van der Waals surface area (Å²) in [4.78, 5) is 35.9. The molecule has 158 valence electrons. The molecular weight excluding hydrogens is 412 g/mol. The first-order chi connectivity index (χ1) is 14.2. The van der Waals surface area contributed by atoms with Crippen LogP contribution >= 0.6 is 0 Å². The van der Waals surface area contributed by atoms with Gasteiger partial charge in [-0.2, -0.15) is 4.31 Å². The van der Waals surface area contributed by atoms with Crippen LogP contribution in [-0.4, -0.2) is 57.7 Å². The van der Waals surface area contributed by atoms with Gasteiger partial charge >= 0.3 is 0 Å². The van der Waals surface area contributed by atoms with Crippen LogP contribution < -0.4 is 20.7 Å². The molecule has 1 aliphatic heterocycles. The van der Waals surface area contributed by atoms with E-state index in [1.54, 1.807) is 24.3 Å². The average molecular weight is 432 g/mol. The lowest BCUT2D eigenvalue weighted by Gasteiger charge is -2.18. The van der Waals surface area contributed by atoms with Crippen LogP contribution in [0.4, 0.5) is 11.4 Å². The van der Waals surface area contributed by atoms with E-state index in [4.69, 9.17) is 4.74 Å². The minimum absolute atomic E-state index is 0.0242. The third-order valence-electron chi connectivity index (χ3n) is 4.35. The van der Waals surface area contributed by atoms with Crippen molar-refractivity contribution in [2.45, 2.75) is 4.90 Å². The zero-order valence-electron chi connectivity index (χ0n) is 16.3. The molecule has 0 bridgehead atoms. The summed E-state index contributed by atoms with van der Waals surface area (Å²) in [5, 5.41) is 7.52. The average Bonchev–Trinajstić information content (AvgIpc) is 2.85. The molecule has 0 spiro atoms. The van der Waals surface area contributed by atoms with Gasteiger partial charge in [-0.25, -0.2) is 8.42 Å². The van der Waals surface area contributed by atoms with Crippen LogP contribution in [0.5, 0.6) is 5.75 Å². The summed E-state index contributed by atoms with van der Waals surface area (Å²) in [5.41, 5.74) is 0.700. The minimum atomic E-state index is -4.07. The Kier molecular flexibility index (Phi) is 6.04. The lowest BCUT2D eigenvalue weighted by Crippen LogP contribution is -2.35. The van der Waals surface area contributed by atoms with Gasteiger partial charge in [0.05, 0.1) is 36.3 Å². The van der Waals surface area contributed by atoms with E-state index in [2.05, 4.69) is 16.0 Å². The zero-order valence-corrected chi connectivity index (χ0v) is 17.1. The number of methoxy groups -OCH3 is 1. The quantitative estimate of drug-likeness (QED) is 0.613. The molecule has 10 nitrogen and oxygen atoms in total. The molecule has 30 heavy (non-hydrogen) atoms. The summed E-state index contributed by atoms with van der Waals surface area (Å²) in [5.74, 6) is -0.985. The predicted octanol–water partition coefficient (Wildman–Crippen LogP) is 0.636. The Morgan fingerprint density at radius 1 is 1.20 bits per heavy atom. The number of hydrogen-bond acceptors (Lipinski definition) is 6. The van der Waals surface area contributed by atoms with E-state index in [1.165, 1.54) is 32.4 Å². The number of anilines is 2. The van der Waals surface area contributed by atoms with E-state index >= 15 is 0 Å². The van der Waals surface area contributed by atoms with Gasteiger partial charge in [0, 0.05) is 18.8 Å². The second kappa shape index (κ2) is 8.51. The van der Waals surface area contributed by atoms with Crippen molar-refractivity contribution in [3.8, 4) is 5.75 Å². The summed E-state index contributed by atoms with van der Waals surface area (Å²) < 4.78 is 31.7. The van der Waals surface area contributed by atoms with Crippen molar-refractivity contribution in [2.75, 3.05) is 37.9 Å². The molecule has 0 atom stereocenters. The molecule has 3 amide bonds. The molecule has 3 rings (SSSR count). The van der Waals surface area contributed by atoms with E-state index in [-0.39, 0.29) is 22.7 Å². The number of carbonyl (C=O) groups is 3. The topological polar surface area (TPSA) is 134 Å². The van der Waals surface area contributed by atoms with Crippen LogP contribution in [0, 0.1) is 0 Å². The van der Waals surface area contributed by atoms with E-state index < -0.39 is 34.3 Å². The minimum Gasteiger partial charge on any atom is -0.497 e. The highest BCUT2D eigenvalue weighted by atomic mass is 32.2. The Balaban J connectivity index is 1.77. The van der Waals surface area contributed by atoms with Crippen molar-refractivity contribution in [2.24, 2.45) is 0 Å². The zero-order chi connectivity index (χ0) is 21.9. The van der Waals surface area contributed by atoms with Gasteiger partial charge in [-0.05, 0) is 30.3 Å². The van der Waals surface area contributed by atoms with Gasteiger partial charge in [0.25, 0.3) is 5.91 Å². The van der Waals surface area contributed by atoms with Crippen LogP contribution in [0.25, 0.3) is 0 Å².